The zero-order chi connectivity index (χ0) is 14.7. The van der Waals surface area contributed by atoms with Crippen molar-refractivity contribution in [1.82, 2.24) is 9.97 Å². The minimum Gasteiger partial charge on any atom is -0.474 e. The molecule has 2 rings (SSSR count). The lowest BCUT2D eigenvalue weighted by atomic mass is 9.85. The van der Waals surface area contributed by atoms with E-state index in [1.807, 2.05) is 6.92 Å². The van der Waals surface area contributed by atoms with E-state index < -0.39 is 0 Å². The van der Waals surface area contributed by atoms with Gasteiger partial charge in [-0.25, -0.2) is 4.98 Å². The number of nitrogens with zero attached hydrogens (tertiary/aromatic N) is 2. The molecule has 112 valence electrons. The van der Waals surface area contributed by atoms with Crippen LogP contribution in [0.2, 0.25) is 0 Å². The summed E-state index contributed by atoms with van der Waals surface area (Å²) in [4.78, 5) is 8.91. The Morgan fingerprint density at radius 1 is 1.30 bits per heavy atom. The third-order valence-electron chi connectivity index (χ3n) is 4.26. The van der Waals surface area contributed by atoms with E-state index in [1.54, 1.807) is 0 Å². The Balaban J connectivity index is 2.15. The summed E-state index contributed by atoms with van der Waals surface area (Å²) in [5.41, 5.74) is 6.86. The molecule has 1 fully saturated rings. The van der Waals surface area contributed by atoms with Crippen molar-refractivity contribution in [1.29, 1.82) is 0 Å². The summed E-state index contributed by atoms with van der Waals surface area (Å²) in [5, 5.41) is 0. The SMILES string of the molecule is CCC1CCCC(Oc2nc(C(C)C)nc(N)c2C)C1. The fourth-order valence-electron chi connectivity index (χ4n) is 2.78. The highest BCUT2D eigenvalue weighted by molar-refractivity contribution is 5.44. The summed E-state index contributed by atoms with van der Waals surface area (Å²) in [6.07, 6.45) is 6.36. The number of ether oxygens (including phenoxy) is 1. The second kappa shape index (κ2) is 6.42. The maximum Gasteiger partial charge on any atom is 0.222 e. The Morgan fingerprint density at radius 2 is 2.05 bits per heavy atom. The first-order chi connectivity index (χ1) is 9.51. The molecule has 2 atom stereocenters. The molecule has 1 aromatic rings. The number of aromatic nitrogens is 2. The number of hydrogen-bond donors (Lipinski definition) is 1. The first-order valence-electron chi connectivity index (χ1n) is 7.81. The fourth-order valence-corrected chi connectivity index (χ4v) is 2.78. The van der Waals surface area contributed by atoms with Crippen molar-refractivity contribution >= 4 is 5.82 Å². The lowest BCUT2D eigenvalue weighted by molar-refractivity contribution is 0.116. The monoisotopic (exact) mass is 277 g/mol. The minimum atomic E-state index is 0.259. The van der Waals surface area contributed by atoms with Gasteiger partial charge >= 0.3 is 0 Å². The maximum atomic E-state index is 6.16. The summed E-state index contributed by atoms with van der Waals surface area (Å²) < 4.78 is 6.16. The van der Waals surface area contributed by atoms with Gasteiger partial charge in [-0.05, 0) is 32.1 Å². The van der Waals surface area contributed by atoms with E-state index in [1.165, 1.54) is 19.3 Å². The molecule has 2 unspecified atom stereocenters. The topological polar surface area (TPSA) is 61.0 Å². The second-order valence-corrected chi connectivity index (χ2v) is 6.23. The van der Waals surface area contributed by atoms with Crippen LogP contribution in [0.15, 0.2) is 0 Å². The highest BCUT2D eigenvalue weighted by Crippen LogP contribution is 2.31. The van der Waals surface area contributed by atoms with Crippen LogP contribution in [0.4, 0.5) is 5.82 Å². The predicted octanol–water partition coefficient (Wildman–Crippen LogP) is 3.84. The molecule has 0 aliphatic heterocycles. The normalized spacial score (nSPS) is 23.1. The van der Waals surface area contributed by atoms with Crippen LogP contribution in [0.3, 0.4) is 0 Å². The molecule has 2 N–H and O–H groups in total. The Hall–Kier alpha value is -1.32. The van der Waals surface area contributed by atoms with Crippen LogP contribution in [0.25, 0.3) is 0 Å². The van der Waals surface area contributed by atoms with Crippen LogP contribution in [0.1, 0.15) is 70.2 Å². The number of hydrogen-bond acceptors (Lipinski definition) is 4. The quantitative estimate of drug-likeness (QED) is 0.908. The minimum absolute atomic E-state index is 0.259. The van der Waals surface area contributed by atoms with Crippen molar-refractivity contribution in [3.05, 3.63) is 11.4 Å². The Bertz CT molecular complexity index is 459. The van der Waals surface area contributed by atoms with E-state index in [9.17, 15) is 0 Å². The first-order valence-corrected chi connectivity index (χ1v) is 7.81. The van der Waals surface area contributed by atoms with E-state index in [0.29, 0.717) is 11.7 Å². The van der Waals surface area contributed by atoms with Crippen LogP contribution in [-0.4, -0.2) is 16.1 Å². The van der Waals surface area contributed by atoms with Crippen LogP contribution >= 0.6 is 0 Å². The average Bonchev–Trinajstić information content (AvgIpc) is 2.43. The molecule has 1 aliphatic carbocycles. The summed E-state index contributed by atoms with van der Waals surface area (Å²) in [7, 11) is 0. The van der Waals surface area contributed by atoms with Gasteiger partial charge in [0.2, 0.25) is 5.88 Å². The number of rotatable bonds is 4. The lowest BCUT2D eigenvalue weighted by Crippen LogP contribution is -2.26. The molecule has 4 heteroatoms. The van der Waals surface area contributed by atoms with Crippen molar-refractivity contribution in [3.63, 3.8) is 0 Å². The molecule has 0 spiro atoms. The number of nitrogen functional groups attached to an aromatic ring is 1. The van der Waals surface area contributed by atoms with Gasteiger partial charge in [-0.2, -0.15) is 4.98 Å². The third-order valence-corrected chi connectivity index (χ3v) is 4.26. The lowest BCUT2D eigenvalue weighted by Gasteiger charge is -2.29. The average molecular weight is 277 g/mol. The van der Waals surface area contributed by atoms with Crippen LogP contribution in [-0.2, 0) is 0 Å². The van der Waals surface area contributed by atoms with Gasteiger partial charge in [0.25, 0.3) is 0 Å². The van der Waals surface area contributed by atoms with E-state index in [4.69, 9.17) is 10.5 Å². The van der Waals surface area contributed by atoms with Crippen molar-refractivity contribution in [3.8, 4) is 5.88 Å². The zero-order valence-electron chi connectivity index (χ0n) is 13.1. The molecular formula is C16H27N3O. The highest BCUT2D eigenvalue weighted by Gasteiger charge is 2.24. The Labute approximate surface area is 122 Å². The van der Waals surface area contributed by atoms with Gasteiger partial charge in [-0.15, -0.1) is 0 Å². The van der Waals surface area contributed by atoms with Crippen LogP contribution < -0.4 is 10.5 Å². The molecule has 1 saturated carbocycles. The van der Waals surface area contributed by atoms with Crippen molar-refractivity contribution < 1.29 is 4.74 Å². The molecule has 0 saturated heterocycles. The van der Waals surface area contributed by atoms with E-state index in [2.05, 4.69) is 30.7 Å². The predicted molar refractivity (Wildman–Crippen MR) is 81.9 cm³/mol. The zero-order valence-corrected chi connectivity index (χ0v) is 13.1. The summed E-state index contributed by atoms with van der Waals surface area (Å²) in [5.74, 6) is 3.04. The number of anilines is 1. The fraction of sp³-hybridized carbons (Fsp3) is 0.750. The molecule has 4 nitrogen and oxygen atoms in total. The third kappa shape index (κ3) is 3.41. The molecular weight excluding hydrogens is 250 g/mol. The molecule has 0 radical (unpaired) electrons. The molecule has 0 aromatic carbocycles. The second-order valence-electron chi connectivity index (χ2n) is 6.23. The van der Waals surface area contributed by atoms with Gasteiger partial charge < -0.3 is 10.5 Å². The smallest absolute Gasteiger partial charge is 0.222 e. The molecule has 0 amide bonds. The molecule has 1 aliphatic rings. The summed E-state index contributed by atoms with van der Waals surface area (Å²) >= 11 is 0. The van der Waals surface area contributed by atoms with E-state index in [-0.39, 0.29) is 12.0 Å². The van der Waals surface area contributed by atoms with Crippen LogP contribution in [0.5, 0.6) is 5.88 Å². The van der Waals surface area contributed by atoms with Gasteiger partial charge in [0.05, 0.1) is 5.56 Å². The van der Waals surface area contributed by atoms with Crippen LogP contribution in [0, 0.1) is 12.8 Å². The van der Waals surface area contributed by atoms with Crippen molar-refractivity contribution in [2.45, 2.75) is 71.8 Å². The Morgan fingerprint density at radius 3 is 2.70 bits per heavy atom. The first kappa shape index (κ1) is 15.1. The van der Waals surface area contributed by atoms with Gasteiger partial charge in [-0.3, -0.25) is 0 Å². The molecule has 0 bridgehead atoms. The maximum absolute atomic E-state index is 6.16. The van der Waals surface area contributed by atoms with E-state index in [0.717, 1.165) is 30.1 Å². The molecule has 1 aromatic heterocycles. The largest absolute Gasteiger partial charge is 0.474 e. The summed E-state index contributed by atoms with van der Waals surface area (Å²) in [6.45, 7) is 8.34. The van der Waals surface area contributed by atoms with Gasteiger partial charge in [0, 0.05) is 5.92 Å². The molecule has 20 heavy (non-hydrogen) atoms. The van der Waals surface area contributed by atoms with Crippen molar-refractivity contribution in [2.75, 3.05) is 5.73 Å². The van der Waals surface area contributed by atoms with Crippen molar-refractivity contribution in [2.24, 2.45) is 5.92 Å². The van der Waals surface area contributed by atoms with Gasteiger partial charge in [0.1, 0.15) is 17.7 Å². The molecule has 1 heterocycles. The standard InChI is InChI=1S/C16H27N3O/c1-5-12-7-6-8-13(9-12)20-16-11(4)14(17)18-15(19-16)10(2)3/h10,12-13H,5-9H2,1-4H3,(H2,17,18,19). The number of nitrogens with two attached hydrogens (primary N) is 1. The summed E-state index contributed by atoms with van der Waals surface area (Å²) in [6, 6.07) is 0. The van der Waals surface area contributed by atoms with Gasteiger partial charge in [0.15, 0.2) is 0 Å². The highest BCUT2D eigenvalue weighted by atomic mass is 16.5. The van der Waals surface area contributed by atoms with E-state index >= 15 is 0 Å². The van der Waals surface area contributed by atoms with Gasteiger partial charge in [-0.1, -0.05) is 33.6 Å². The Kier molecular flexibility index (Phi) is 4.84.